The highest BCUT2D eigenvalue weighted by Gasteiger charge is 2.08. The van der Waals surface area contributed by atoms with Gasteiger partial charge in [-0.05, 0) is 36.8 Å². The van der Waals surface area contributed by atoms with Gasteiger partial charge in [0, 0.05) is 15.9 Å². The summed E-state index contributed by atoms with van der Waals surface area (Å²) in [4.78, 5) is 8.63. The normalized spacial score (nSPS) is 12.3. The maximum Gasteiger partial charge on any atom is 0.137 e. The fourth-order valence-corrected chi connectivity index (χ4v) is 2.42. The average molecular weight is 328 g/mol. The standard InChI is InChI=1S/C16H14BrN3/c1-11(12-6-8-13(17)9-7-12)20-16-14-4-2-3-5-15(14)18-10-19-16/h2-11H,1H3,(H,18,19,20). The first-order chi connectivity index (χ1) is 9.74. The van der Waals surface area contributed by atoms with Crippen molar-refractivity contribution in [2.75, 3.05) is 5.32 Å². The lowest BCUT2D eigenvalue weighted by Gasteiger charge is -2.16. The van der Waals surface area contributed by atoms with Crippen LogP contribution in [0.25, 0.3) is 10.9 Å². The van der Waals surface area contributed by atoms with Gasteiger partial charge in [-0.15, -0.1) is 0 Å². The maximum absolute atomic E-state index is 4.36. The van der Waals surface area contributed by atoms with E-state index < -0.39 is 0 Å². The van der Waals surface area contributed by atoms with Crippen molar-refractivity contribution in [1.29, 1.82) is 0 Å². The Bertz CT molecular complexity index is 720. The molecule has 0 aliphatic heterocycles. The molecule has 0 aliphatic carbocycles. The Hall–Kier alpha value is -1.94. The Balaban J connectivity index is 1.91. The molecule has 0 fully saturated rings. The molecule has 1 unspecified atom stereocenters. The lowest BCUT2D eigenvalue weighted by Crippen LogP contribution is -2.08. The summed E-state index contributed by atoms with van der Waals surface area (Å²) in [5, 5.41) is 4.49. The van der Waals surface area contributed by atoms with E-state index in [4.69, 9.17) is 0 Å². The van der Waals surface area contributed by atoms with Crippen molar-refractivity contribution in [2.45, 2.75) is 13.0 Å². The van der Waals surface area contributed by atoms with Gasteiger partial charge in [0.05, 0.1) is 5.52 Å². The highest BCUT2D eigenvalue weighted by atomic mass is 79.9. The molecule has 0 radical (unpaired) electrons. The molecule has 0 saturated heterocycles. The number of halogens is 1. The van der Waals surface area contributed by atoms with Gasteiger partial charge in [-0.25, -0.2) is 9.97 Å². The molecule has 0 aliphatic rings. The maximum atomic E-state index is 4.36. The molecule has 20 heavy (non-hydrogen) atoms. The number of para-hydroxylation sites is 1. The van der Waals surface area contributed by atoms with Crippen molar-refractivity contribution in [1.82, 2.24) is 9.97 Å². The molecule has 3 nitrogen and oxygen atoms in total. The van der Waals surface area contributed by atoms with E-state index in [9.17, 15) is 0 Å². The van der Waals surface area contributed by atoms with Crippen molar-refractivity contribution in [3.05, 3.63) is 64.9 Å². The molecule has 0 amide bonds. The quantitative estimate of drug-likeness (QED) is 0.765. The number of nitrogens with one attached hydrogen (secondary N) is 1. The zero-order valence-electron chi connectivity index (χ0n) is 11.0. The first-order valence-corrected chi connectivity index (χ1v) is 7.25. The van der Waals surface area contributed by atoms with Gasteiger partial charge >= 0.3 is 0 Å². The van der Waals surface area contributed by atoms with Gasteiger partial charge in [-0.1, -0.05) is 40.2 Å². The van der Waals surface area contributed by atoms with E-state index in [1.165, 1.54) is 5.56 Å². The number of hydrogen-bond donors (Lipinski definition) is 1. The van der Waals surface area contributed by atoms with Gasteiger partial charge in [0.2, 0.25) is 0 Å². The van der Waals surface area contributed by atoms with Crippen molar-refractivity contribution < 1.29 is 0 Å². The largest absolute Gasteiger partial charge is 0.363 e. The van der Waals surface area contributed by atoms with Gasteiger partial charge in [0.25, 0.3) is 0 Å². The first kappa shape index (κ1) is 13.1. The van der Waals surface area contributed by atoms with Crippen LogP contribution in [-0.2, 0) is 0 Å². The van der Waals surface area contributed by atoms with Crippen molar-refractivity contribution in [3.63, 3.8) is 0 Å². The van der Waals surface area contributed by atoms with Crippen LogP contribution in [-0.4, -0.2) is 9.97 Å². The van der Waals surface area contributed by atoms with E-state index in [2.05, 4.69) is 50.3 Å². The van der Waals surface area contributed by atoms with Crippen molar-refractivity contribution >= 4 is 32.7 Å². The molecule has 3 rings (SSSR count). The molecule has 0 bridgehead atoms. The molecular weight excluding hydrogens is 314 g/mol. The lowest BCUT2D eigenvalue weighted by molar-refractivity contribution is 0.875. The smallest absolute Gasteiger partial charge is 0.137 e. The number of nitrogens with zero attached hydrogens (tertiary/aromatic N) is 2. The number of fused-ring (bicyclic) bond motifs is 1. The monoisotopic (exact) mass is 327 g/mol. The second kappa shape index (κ2) is 5.59. The van der Waals surface area contributed by atoms with Crippen LogP contribution in [0.2, 0.25) is 0 Å². The van der Waals surface area contributed by atoms with E-state index in [1.807, 2.05) is 36.4 Å². The van der Waals surface area contributed by atoms with E-state index >= 15 is 0 Å². The zero-order chi connectivity index (χ0) is 13.9. The summed E-state index contributed by atoms with van der Waals surface area (Å²) in [6.07, 6.45) is 1.60. The molecular formula is C16H14BrN3. The van der Waals surface area contributed by atoms with Gasteiger partial charge in [0.15, 0.2) is 0 Å². The minimum absolute atomic E-state index is 0.182. The third-order valence-corrected chi connectivity index (χ3v) is 3.79. The molecule has 0 saturated carbocycles. The molecule has 1 atom stereocenters. The van der Waals surface area contributed by atoms with Crippen LogP contribution in [0.1, 0.15) is 18.5 Å². The highest BCUT2D eigenvalue weighted by Crippen LogP contribution is 2.24. The summed E-state index contributed by atoms with van der Waals surface area (Å²) in [7, 11) is 0. The molecule has 3 aromatic rings. The minimum atomic E-state index is 0.182. The molecule has 1 heterocycles. The van der Waals surface area contributed by atoms with Crippen molar-refractivity contribution in [2.24, 2.45) is 0 Å². The zero-order valence-corrected chi connectivity index (χ0v) is 12.6. The number of anilines is 1. The summed E-state index contributed by atoms with van der Waals surface area (Å²) in [5.74, 6) is 0.867. The molecule has 1 N–H and O–H groups in total. The SMILES string of the molecule is CC(Nc1ncnc2ccccc12)c1ccc(Br)cc1. The molecule has 2 aromatic carbocycles. The number of aromatic nitrogens is 2. The topological polar surface area (TPSA) is 37.8 Å². The summed E-state index contributed by atoms with van der Waals surface area (Å²) in [6, 6.07) is 16.5. The Morgan fingerprint density at radius 2 is 1.75 bits per heavy atom. The summed E-state index contributed by atoms with van der Waals surface area (Å²) in [5.41, 5.74) is 2.17. The predicted octanol–water partition coefficient (Wildman–Crippen LogP) is 4.57. The predicted molar refractivity (Wildman–Crippen MR) is 85.7 cm³/mol. The van der Waals surface area contributed by atoms with Gasteiger partial charge in [-0.2, -0.15) is 0 Å². The van der Waals surface area contributed by atoms with Crippen molar-refractivity contribution in [3.8, 4) is 0 Å². The third kappa shape index (κ3) is 2.65. The van der Waals surface area contributed by atoms with Crippen LogP contribution in [0.3, 0.4) is 0 Å². The average Bonchev–Trinajstić information content (AvgIpc) is 2.48. The molecule has 4 heteroatoms. The Kier molecular flexibility index (Phi) is 3.65. The molecule has 0 spiro atoms. The number of hydrogen-bond acceptors (Lipinski definition) is 3. The number of rotatable bonds is 3. The minimum Gasteiger partial charge on any atom is -0.363 e. The second-order valence-corrected chi connectivity index (χ2v) is 5.57. The Morgan fingerprint density at radius 1 is 1.00 bits per heavy atom. The van der Waals surface area contributed by atoms with Gasteiger partial charge < -0.3 is 5.32 Å². The number of benzene rings is 2. The Morgan fingerprint density at radius 3 is 2.55 bits per heavy atom. The van der Waals surface area contributed by atoms with E-state index in [1.54, 1.807) is 6.33 Å². The highest BCUT2D eigenvalue weighted by molar-refractivity contribution is 9.10. The first-order valence-electron chi connectivity index (χ1n) is 6.46. The molecule has 100 valence electrons. The van der Waals surface area contributed by atoms with Crippen LogP contribution >= 0.6 is 15.9 Å². The van der Waals surface area contributed by atoms with E-state index in [0.717, 1.165) is 21.2 Å². The van der Waals surface area contributed by atoms with Crippen LogP contribution < -0.4 is 5.32 Å². The Labute approximate surface area is 126 Å². The van der Waals surface area contributed by atoms with Crippen LogP contribution in [0.5, 0.6) is 0 Å². The third-order valence-electron chi connectivity index (χ3n) is 3.27. The summed E-state index contributed by atoms with van der Waals surface area (Å²) < 4.78 is 1.08. The second-order valence-electron chi connectivity index (χ2n) is 4.66. The van der Waals surface area contributed by atoms with E-state index in [0.29, 0.717) is 0 Å². The van der Waals surface area contributed by atoms with Crippen LogP contribution in [0, 0.1) is 0 Å². The van der Waals surface area contributed by atoms with E-state index in [-0.39, 0.29) is 6.04 Å². The lowest BCUT2D eigenvalue weighted by atomic mass is 10.1. The molecule has 1 aromatic heterocycles. The van der Waals surface area contributed by atoms with Gasteiger partial charge in [-0.3, -0.25) is 0 Å². The van der Waals surface area contributed by atoms with Crippen LogP contribution in [0.15, 0.2) is 59.3 Å². The van der Waals surface area contributed by atoms with Gasteiger partial charge in [0.1, 0.15) is 12.1 Å². The fourth-order valence-electron chi connectivity index (χ4n) is 2.16. The fraction of sp³-hybridized carbons (Fsp3) is 0.125. The summed E-state index contributed by atoms with van der Waals surface area (Å²) >= 11 is 3.45. The summed E-state index contributed by atoms with van der Waals surface area (Å²) in [6.45, 7) is 2.13. The van der Waals surface area contributed by atoms with Crippen LogP contribution in [0.4, 0.5) is 5.82 Å².